The molecule has 2 rings (SSSR count). The van der Waals surface area contributed by atoms with Gasteiger partial charge in [-0.25, -0.2) is 0 Å². The molecule has 0 radical (unpaired) electrons. The van der Waals surface area contributed by atoms with E-state index in [1.165, 1.54) is 38.6 Å². The molecule has 1 aliphatic heterocycles. The Kier molecular flexibility index (Phi) is 5.72. The van der Waals surface area contributed by atoms with E-state index in [2.05, 4.69) is 37.9 Å². The molecule has 124 valence electrons. The molecule has 0 amide bonds. The van der Waals surface area contributed by atoms with Crippen LogP contribution in [0.3, 0.4) is 0 Å². The van der Waals surface area contributed by atoms with Crippen molar-refractivity contribution in [3.63, 3.8) is 0 Å². The second-order valence-electron chi connectivity index (χ2n) is 8.22. The average Bonchev–Trinajstić information content (AvgIpc) is 2.46. The zero-order valence-electron chi connectivity index (χ0n) is 14.9. The molecule has 1 aliphatic carbocycles. The minimum Gasteiger partial charge on any atom is -0.379 e. The van der Waals surface area contributed by atoms with Gasteiger partial charge in [0.1, 0.15) is 0 Å². The number of hydrogen-bond acceptors (Lipinski definition) is 3. The zero-order chi connectivity index (χ0) is 15.5. The third kappa shape index (κ3) is 4.43. The summed E-state index contributed by atoms with van der Waals surface area (Å²) in [5.41, 5.74) is 0.396. The van der Waals surface area contributed by atoms with Gasteiger partial charge in [0.25, 0.3) is 0 Å². The summed E-state index contributed by atoms with van der Waals surface area (Å²) in [4.78, 5) is 2.76. The standard InChI is InChI=1S/C18H36N2O/c1-15(2)16-13-19-18(9-7-6-8-10-18)14-20(16)12-11-17(3,4)21-5/h15-16,19H,6-14H2,1-5H3. The van der Waals surface area contributed by atoms with Crippen LogP contribution < -0.4 is 5.32 Å². The highest BCUT2D eigenvalue weighted by Gasteiger charge is 2.40. The largest absolute Gasteiger partial charge is 0.379 e. The Morgan fingerprint density at radius 2 is 1.90 bits per heavy atom. The van der Waals surface area contributed by atoms with Crippen LogP contribution in [0.2, 0.25) is 0 Å². The summed E-state index contributed by atoms with van der Waals surface area (Å²) < 4.78 is 5.62. The van der Waals surface area contributed by atoms with Crippen LogP contribution >= 0.6 is 0 Å². The molecule has 1 N–H and O–H groups in total. The summed E-state index contributed by atoms with van der Waals surface area (Å²) in [6.07, 6.45) is 8.06. The molecule has 1 saturated heterocycles. The first-order valence-electron chi connectivity index (χ1n) is 8.92. The molecule has 0 aromatic rings. The molecule has 1 spiro atoms. The van der Waals surface area contributed by atoms with E-state index in [1.54, 1.807) is 0 Å². The monoisotopic (exact) mass is 296 g/mol. The van der Waals surface area contributed by atoms with E-state index in [9.17, 15) is 0 Å². The topological polar surface area (TPSA) is 24.5 Å². The van der Waals surface area contributed by atoms with Crippen LogP contribution in [0.15, 0.2) is 0 Å². The Morgan fingerprint density at radius 3 is 2.48 bits per heavy atom. The number of ether oxygens (including phenoxy) is 1. The third-order valence-electron chi connectivity index (χ3n) is 5.79. The van der Waals surface area contributed by atoms with Crippen molar-refractivity contribution in [2.24, 2.45) is 5.92 Å². The predicted molar refractivity (Wildman–Crippen MR) is 89.7 cm³/mol. The number of nitrogens with one attached hydrogen (secondary N) is 1. The first-order chi connectivity index (χ1) is 9.87. The number of methoxy groups -OCH3 is 1. The molecular weight excluding hydrogens is 260 g/mol. The van der Waals surface area contributed by atoms with Crippen molar-refractivity contribution in [1.82, 2.24) is 10.2 Å². The maximum atomic E-state index is 5.62. The van der Waals surface area contributed by atoms with Crippen molar-refractivity contribution < 1.29 is 4.74 Å². The summed E-state index contributed by atoms with van der Waals surface area (Å²) in [6.45, 7) is 12.7. The Labute approximate surface area is 131 Å². The van der Waals surface area contributed by atoms with Gasteiger partial charge in [-0.1, -0.05) is 33.1 Å². The van der Waals surface area contributed by atoms with E-state index < -0.39 is 0 Å². The second kappa shape index (κ2) is 6.97. The molecule has 3 nitrogen and oxygen atoms in total. The Hall–Kier alpha value is -0.120. The molecule has 21 heavy (non-hydrogen) atoms. The van der Waals surface area contributed by atoms with Crippen molar-refractivity contribution in [3.05, 3.63) is 0 Å². The fraction of sp³-hybridized carbons (Fsp3) is 1.00. The summed E-state index contributed by atoms with van der Waals surface area (Å²) in [6, 6.07) is 0.671. The quantitative estimate of drug-likeness (QED) is 0.841. The number of hydrogen-bond donors (Lipinski definition) is 1. The highest BCUT2D eigenvalue weighted by atomic mass is 16.5. The van der Waals surface area contributed by atoms with Gasteiger partial charge >= 0.3 is 0 Å². The Balaban J connectivity index is 2.01. The maximum Gasteiger partial charge on any atom is 0.0634 e. The van der Waals surface area contributed by atoms with Gasteiger partial charge in [0.15, 0.2) is 0 Å². The lowest BCUT2D eigenvalue weighted by Gasteiger charge is -2.51. The smallest absolute Gasteiger partial charge is 0.0634 e. The first-order valence-corrected chi connectivity index (χ1v) is 8.92. The van der Waals surface area contributed by atoms with Gasteiger partial charge in [0.2, 0.25) is 0 Å². The zero-order valence-corrected chi connectivity index (χ0v) is 14.9. The lowest BCUT2D eigenvalue weighted by atomic mass is 9.78. The van der Waals surface area contributed by atoms with Crippen LogP contribution in [-0.4, -0.2) is 48.8 Å². The van der Waals surface area contributed by atoms with Crippen LogP contribution in [0.5, 0.6) is 0 Å². The van der Waals surface area contributed by atoms with Gasteiger partial charge in [0.05, 0.1) is 5.60 Å². The normalized spacial score (nSPS) is 27.4. The van der Waals surface area contributed by atoms with Gasteiger partial charge in [-0.2, -0.15) is 0 Å². The Morgan fingerprint density at radius 1 is 1.24 bits per heavy atom. The minimum absolute atomic E-state index is 0.00780. The molecule has 1 heterocycles. The number of piperazine rings is 1. The first kappa shape index (κ1) is 17.2. The molecule has 0 bridgehead atoms. The summed E-state index contributed by atoms with van der Waals surface area (Å²) in [5.74, 6) is 0.712. The Bertz CT molecular complexity index is 321. The van der Waals surface area contributed by atoms with Gasteiger partial charge < -0.3 is 10.1 Å². The van der Waals surface area contributed by atoms with Crippen molar-refractivity contribution in [2.45, 2.75) is 83.4 Å². The van der Waals surface area contributed by atoms with Crippen molar-refractivity contribution in [3.8, 4) is 0 Å². The predicted octanol–water partition coefficient (Wildman–Crippen LogP) is 3.43. The molecule has 1 saturated carbocycles. The van der Waals surface area contributed by atoms with Gasteiger partial charge in [-0.3, -0.25) is 4.90 Å². The minimum atomic E-state index is -0.00780. The molecule has 2 fully saturated rings. The van der Waals surface area contributed by atoms with E-state index in [0.717, 1.165) is 19.5 Å². The van der Waals surface area contributed by atoms with Crippen LogP contribution in [0.1, 0.15) is 66.2 Å². The van der Waals surface area contributed by atoms with E-state index in [1.807, 2.05) is 7.11 Å². The maximum absolute atomic E-state index is 5.62. The fourth-order valence-corrected chi connectivity index (χ4v) is 3.99. The van der Waals surface area contributed by atoms with Gasteiger partial charge in [-0.05, 0) is 39.0 Å². The molecule has 1 unspecified atom stereocenters. The van der Waals surface area contributed by atoms with Crippen LogP contribution in [0, 0.1) is 5.92 Å². The number of nitrogens with zero attached hydrogens (tertiary/aromatic N) is 1. The molecule has 0 aromatic heterocycles. The van der Waals surface area contributed by atoms with Crippen molar-refractivity contribution >= 4 is 0 Å². The summed E-state index contributed by atoms with van der Waals surface area (Å²) in [7, 11) is 1.83. The van der Waals surface area contributed by atoms with E-state index in [-0.39, 0.29) is 5.60 Å². The van der Waals surface area contributed by atoms with Gasteiger partial charge in [0, 0.05) is 38.3 Å². The second-order valence-corrected chi connectivity index (χ2v) is 8.22. The summed E-state index contributed by atoms with van der Waals surface area (Å²) in [5, 5.41) is 3.93. The lowest BCUT2D eigenvalue weighted by Crippen LogP contribution is -2.66. The summed E-state index contributed by atoms with van der Waals surface area (Å²) >= 11 is 0. The third-order valence-corrected chi connectivity index (χ3v) is 5.79. The molecule has 3 heteroatoms. The number of rotatable bonds is 5. The van der Waals surface area contributed by atoms with Crippen LogP contribution in [0.4, 0.5) is 0 Å². The van der Waals surface area contributed by atoms with E-state index >= 15 is 0 Å². The molecular formula is C18H36N2O. The molecule has 1 atom stereocenters. The highest BCUT2D eigenvalue weighted by molar-refractivity contribution is 5.00. The highest BCUT2D eigenvalue weighted by Crippen LogP contribution is 2.33. The average molecular weight is 296 g/mol. The lowest BCUT2D eigenvalue weighted by molar-refractivity contribution is -0.0154. The van der Waals surface area contributed by atoms with E-state index in [4.69, 9.17) is 4.74 Å². The van der Waals surface area contributed by atoms with Crippen LogP contribution in [0.25, 0.3) is 0 Å². The molecule has 2 aliphatic rings. The van der Waals surface area contributed by atoms with E-state index in [0.29, 0.717) is 17.5 Å². The molecule has 0 aromatic carbocycles. The van der Waals surface area contributed by atoms with Gasteiger partial charge in [-0.15, -0.1) is 0 Å². The van der Waals surface area contributed by atoms with Crippen LogP contribution in [-0.2, 0) is 4.74 Å². The van der Waals surface area contributed by atoms with Crippen molar-refractivity contribution in [1.29, 1.82) is 0 Å². The van der Waals surface area contributed by atoms with Crippen molar-refractivity contribution in [2.75, 3.05) is 26.7 Å². The fourth-order valence-electron chi connectivity index (χ4n) is 3.99. The SMILES string of the molecule is COC(C)(C)CCN1CC2(CCCCC2)NCC1C(C)C.